The Labute approximate surface area is 184 Å². The molecule has 0 unspecified atom stereocenters. The van der Waals surface area contributed by atoms with Crippen molar-refractivity contribution < 1.29 is 14.3 Å². The van der Waals surface area contributed by atoms with Crippen LogP contribution in [0.2, 0.25) is 0 Å². The van der Waals surface area contributed by atoms with Crippen molar-refractivity contribution in [3.05, 3.63) is 54.1 Å². The minimum absolute atomic E-state index is 0.218. The predicted octanol–water partition coefficient (Wildman–Crippen LogP) is 7.59. The number of ether oxygens (including phenoxy) is 2. The molecule has 0 saturated carbocycles. The van der Waals surface area contributed by atoms with Gasteiger partial charge in [0.05, 0.1) is 20.1 Å². The number of benzene rings is 1. The van der Waals surface area contributed by atoms with Gasteiger partial charge in [0.15, 0.2) is 0 Å². The minimum atomic E-state index is -0.218. The van der Waals surface area contributed by atoms with Gasteiger partial charge in [-0.25, -0.2) is 0 Å². The van der Waals surface area contributed by atoms with Crippen molar-refractivity contribution in [3.8, 4) is 5.75 Å². The quantitative estimate of drug-likeness (QED) is 0.141. The highest BCUT2D eigenvalue weighted by molar-refractivity contribution is 5.72. The van der Waals surface area contributed by atoms with E-state index in [4.69, 9.17) is 4.74 Å². The zero-order valence-electron chi connectivity index (χ0n) is 19.2. The number of carbonyl (C=O) groups excluding carboxylic acids is 1. The van der Waals surface area contributed by atoms with E-state index in [0.717, 1.165) is 30.8 Å². The summed E-state index contributed by atoms with van der Waals surface area (Å²) in [7, 11) is 1.41. The molecule has 0 heterocycles. The van der Waals surface area contributed by atoms with Crippen molar-refractivity contribution in [1.29, 1.82) is 0 Å². The van der Waals surface area contributed by atoms with Crippen LogP contribution in [0, 0.1) is 0 Å². The Morgan fingerprint density at radius 3 is 2.03 bits per heavy atom. The second kappa shape index (κ2) is 19.0. The van der Waals surface area contributed by atoms with E-state index in [2.05, 4.69) is 36.0 Å². The lowest BCUT2D eigenvalue weighted by Gasteiger charge is -2.07. The minimum Gasteiger partial charge on any atom is -0.494 e. The summed E-state index contributed by atoms with van der Waals surface area (Å²) in [6.45, 7) is 3.00. The average molecular weight is 415 g/mol. The summed E-state index contributed by atoms with van der Waals surface area (Å²) in [6, 6.07) is 7.69. The lowest BCUT2D eigenvalue weighted by Crippen LogP contribution is -2.04. The van der Waals surface area contributed by atoms with Gasteiger partial charge in [0, 0.05) is 0 Å². The van der Waals surface area contributed by atoms with Crippen LogP contribution in [0.3, 0.4) is 0 Å². The van der Waals surface area contributed by atoms with Gasteiger partial charge in [-0.15, -0.1) is 0 Å². The van der Waals surface area contributed by atoms with Crippen LogP contribution >= 0.6 is 0 Å². The summed E-state index contributed by atoms with van der Waals surface area (Å²) in [5, 5.41) is 0. The van der Waals surface area contributed by atoms with Crippen molar-refractivity contribution in [2.24, 2.45) is 0 Å². The van der Waals surface area contributed by atoms with Gasteiger partial charge in [-0.1, -0.05) is 81.9 Å². The molecule has 0 fully saturated rings. The number of carbonyl (C=O) groups is 1. The number of allylic oxidation sites excluding steroid dienone is 4. The molecule has 30 heavy (non-hydrogen) atoms. The van der Waals surface area contributed by atoms with E-state index >= 15 is 0 Å². The smallest absolute Gasteiger partial charge is 0.309 e. The van der Waals surface area contributed by atoms with E-state index in [0.29, 0.717) is 6.42 Å². The van der Waals surface area contributed by atoms with Crippen molar-refractivity contribution in [2.45, 2.75) is 90.4 Å². The van der Waals surface area contributed by atoms with Gasteiger partial charge in [-0.3, -0.25) is 4.79 Å². The number of hydrogen-bond acceptors (Lipinski definition) is 3. The fourth-order valence-electron chi connectivity index (χ4n) is 3.22. The normalized spacial score (nSPS) is 11.4. The Bertz CT molecular complexity index is 587. The first-order valence-corrected chi connectivity index (χ1v) is 11.8. The van der Waals surface area contributed by atoms with Crippen LogP contribution in [0.1, 0.15) is 89.5 Å². The van der Waals surface area contributed by atoms with E-state index in [1.165, 1.54) is 71.3 Å². The third kappa shape index (κ3) is 14.9. The lowest BCUT2D eigenvalue weighted by atomic mass is 10.1. The Kier molecular flexibility index (Phi) is 16.4. The summed E-state index contributed by atoms with van der Waals surface area (Å²) >= 11 is 0. The summed E-state index contributed by atoms with van der Waals surface area (Å²) in [6.07, 6.45) is 24.6. The van der Waals surface area contributed by atoms with E-state index in [9.17, 15) is 4.79 Å². The summed E-state index contributed by atoms with van der Waals surface area (Å²) < 4.78 is 10.5. The molecule has 1 aromatic rings. The number of hydrogen-bond donors (Lipinski definition) is 0. The van der Waals surface area contributed by atoms with Crippen LogP contribution in [0.15, 0.2) is 48.6 Å². The molecule has 168 valence electrons. The molecule has 0 bridgehead atoms. The van der Waals surface area contributed by atoms with Gasteiger partial charge in [-0.2, -0.15) is 0 Å². The molecule has 0 atom stereocenters. The zero-order chi connectivity index (χ0) is 21.7. The Morgan fingerprint density at radius 2 is 1.40 bits per heavy atom. The Balaban J connectivity index is 1.90. The maximum atomic E-state index is 11.3. The fourth-order valence-corrected chi connectivity index (χ4v) is 3.22. The first-order chi connectivity index (χ1) is 14.8. The van der Waals surface area contributed by atoms with Gasteiger partial charge in [-0.05, 0) is 56.2 Å². The topological polar surface area (TPSA) is 35.5 Å². The summed E-state index contributed by atoms with van der Waals surface area (Å²) in [4.78, 5) is 11.3. The third-order valence-electron chi connectivity index (χ3n) is 5.11. The van der Waals surface area contributed by atoms with Crippen LogP contribution in [-0.4, -0.2) is 19.7 Å². The Hall–Kier alpha value is -2.03. The maximum absolute atomic E-state index is 11.3. The molecule has 3 nitrogen and oxygen atoms in total. The predicted molar refractivity (Wildman–Crippen MR) is 127 cm³/mol. The third-order valence-corrected chi connectivity index (χ3v) is 5.11. The molecule has 0 aliphatic rings. The highest BCUT2D eigenvalue weighted by Crippen LogP contribution is 2.14. The largest absolute Gasteiger partial charge is 0.494 e. The molecule has 0 aliphatic carbocycles. The number of rotatable bonds is 18. The molecule has 0 spiro atoms. The molecular formula is C27H42O3. The highest BCUT2D eigenvalue weighted by Gasteiger charge is 2.02. The van der Waals surface area contributed by atoms with Gasteiger partial charge >= 0.3 is 5.97 Å². The molecule has 0 amide bonds. The average Bonchev–Trinajstić information content (AvgIpc) is 2.77. The molecule has 1 rings (SSSR count). The molecule has 0 aliphatic heterocycles. The van der Waals surface area contributed by atoms with E-state index in [1.807, 2.05) is 24.3 Å². The molecule has 0 saturated heterocycles. The van der Waals surface area contributed by atoms with Crippen LogP contribution in [-0.2, 0) is 16.0 Å². The van der Waals surface area contributed by atoms with Gasteiger partial charge in [0.1, 0.15) is 5.75 Å². The van der Waals surface area contributed by atoms with Crippen molar-refractivity contribution in [3.63, 3.8) is 0 Å². The maximum Gasteiger partial charge on any atom is 0.309 e. The molecule has 1 aromatic carbocycles. The number of methoxy groups -OCH3 is 1. The molecule has 0 radical (unpaired) electrons. The molecule has 0 N–H and O–H groups in total. The van der Waals surface area contributed by atoms with Gasteiger partial charge in [0.2, 0.25) is 0 Å². The van der Waals surface area contributed by atoms with E-state index < -0.39 is 0 Å². The molecular weight excluding hydrogens is 372 g/mol. The second-order valence-electron chi connectivity index (χ2n) is 7.83. The van der Waals surface area contributed by atoms with Crippen molar-refractivity contribution >= 4 is 5.97 Å². The summed E-state index contributed by atoms with van der Waals surface area (Å²) in [5.41, 5.74) is 0.947. The number of esters is 1. The standard InChI is InChI=1S/C27H42O3/c1-3-4-5-6-7-8-9-10-11-12-13-14-15-16-17-18-23-30-26-21-19-25(20-22-26)24-27(28)29-2/h7-8,10-11,19-22H,3-6,9,12-18,23-24H2,1-2H3/b8-7-,11-10-. The van der Waals surface area contributed by atoms with Crippen LogP contribution in [0.4, 0.5) is 0 Å². The van der Waals surface area contributed by atoms with Crippen LogP contribution in [0.5, 0.6) is 5.75 Å². The second-order valence-corrected chi connectivity index (χ2v) is 7.83. The van der Waals surface area contributed by atoms with Gasteiger partial charge in [0.25, 0.3) is 0 Å². The van der Waals surface area contributed by atoms with E-state index in [1.54, 1.807) is 0 Å². The van der Waals surface area contributed by atoms with Crippen molar-refractivity contribution in [2.75, 3.05) is 13.7 Å². The Morgan fingerprint density at radius 1 is 0.800 bits per heavy atom. The zero-order valence-corrected chi connectivity index (χ0v) is 19.2. The van der Waals surface area contributed by atoms with E-state index in [-0.39, 0.29) is 5.97 Å². The van der Waals surface area contributed by atoms with Crippen molar-refractivity contribution in [1.82, 2.24) is 0 Å². The van der Waals surface area contributed by atoms with Crippen LogP contribution < -0.4 is 4.74 Å². The lowest BCUT2D eigenvalue weighted by molar-refractivity contribution is -0.139. The highest BCUT2D eigenvalue weighted by atomic mass is 16.5. The number of unbranched alkanes of at least 4 members (excludes halogenated alkanes) is 9. The molecule has 3 heteroatoms. The van der Waals surface area contributed by atoms with Gasteiger partial charge < -0.3 is 9.47 Å². The first kappa shape index (κ1) is 26.0. The monoisotopic (exact) mass is 414 g/mol. The SMILES string of the molecule is CCCCC/C=C\C/C=C\CCCCCCCCOc1ccc(CC(=O)OC)cc1. The van der Waals surface area contributed by atoms with Crippen LogP contribution in [0.25, 0.3) is 0 Å². The summed E-state index contributed by atoms with van der Waals surface area (Å²) in [5.74, 6) is 0.649. The first-order valence-electron chi connectivity index (χ1n) is 11.8. The molecule has 0 aromatic heterocycles. The fraction of sp³-hybridized carbons (Fsp3) is 0.593.